The van der Waals surface area contributed by atoms with Crippen LogP contribution in [0.5, 0.6) is 5.75 Å². The van der Waals surface area contributed by atoms with Gasteiger partial charge in [-0.05, 0) is 47.9 Å². The molecular weight excluding hydrogens is 272 g/mol. The van der Waals surface area contributed by atoms with Crippen LogP contribution >= 0.6 is 11.3 Å². The number of rotatable bonds is 5. The van der Waals surface area contributed by atoms with E-state index in [1.165, 1.54) is 12.7 Å². The van der Waals surface area contributed by atoms with Gasteiger partial charge in [-0.15, -0.1) is 0 Å². The third-order valence-electron chi connectivity index (χ3n) is 3.03. The Morgan fingerprint density at radius 2 is 2.25 bits per heavy atom. The first-order valence-electron chi connectivity index (χ1n) is 6.36. The zero-order valence-electron chi connectivity index (χ0n) is 11.6. The maximum Gasteiger partial charge on any atom is 0.253 e. The SMILES string of the molecule is COc1cccc(C(=O)NC(C)Cc2ccsc2)c1N. The topological polar surface area (TPSA) is 64.3 Å². The highest BCUT2D eigenvalue weighted by molar-refractivity contribution is 7.07. The number of nitrogens with two attached hydrogens (primary N) is 1. The number of hydrogen-bond acceptors (Lipinski definition) is 4. The van der Waals surface area contributed by atoms with E-state index in [1.807, 2.05) is 12.3 Å². The van der Waals surface area contributed by atoms with Crippen molar-refractivity contribution >= 4 is 22.9 Å². The fraction of sp³-hybridized carbons (Fsp3) is 0.267. The fourth-order valence-electron chi connectivity index (χ4n) is 2.03. The van der Waals surface area contributed by atoms with Gasteiger partial charge in [-0.3, -0.25) is 4.79 Å². The number of benzene rings is 1. The van der Waals surface area contributed by atoms with Crippen molar-refractivity contribution in [3.05, 3.63) is 46.2 Å². The van der Waals surface area contributed by atoms with E-state index in [9.17, 15) is 4.79 Å². The molecule has 2 rings (SSSR count). The van der Waals surface area contributed by atoms with Crippen molar-refractivity contribution < 1.29 is 9.53 Å². The van der Waals surface area contributed by atoms with Crippen LogP contribution in [0.4, 0.5) is 5.69 Å². The van der Waals surface area contributed by atoms with Gasteiger partial charge in [0, 0.05) is 6.04 Å². The van der Waals surface area contributed by atoms with Crippen molar-refractivity contribution in [3.63, 3.8) is 0 Å². The Labute approximate surface area is 122 Å². The summed E-state index contributed by atoms with van der Waals surface area (Å²) < 4.78 is 5.12. The lowest BCUT2D eigenvalue weighted by Crippen LogP contribution is -2.34. The largest absolute Gasteiger partial charge is 0.495 e. The Morgan fingerprint density at radius 3 is 2.90 bits per heavy atom. The van der Waals surface area contributed by atoms with Crippen molar-refractivity contribution in [2.24, 2.45) is 0 Å². The number of para-hydroxylation sites is 1. The second-order valence-electron chi connectivity index (χ2n) is 4.63. The molecule has 20 heavy (non-hydrogen) atoms. The number of anilines is 1. The van der Waals surface area contributed by atoms with Gasteiger partial charge in [0.2, 0.25) is 0 Å². The molecule has 5 heteroatoms. The van der Waals surface area contributed by atoms with Gasteiger partial charge in [-0.2, -0.15) is 11.3 Å². The lowest BCUT2D eigenvalue weighted by atomic mass is 10.1. The molecule has 4 nitrogen and oxygen atoms in total. The van der Waals surface area contributed by atoms with Crippen molar-refractivity contribution in [1.29, 1.82) is 0 Å². The number of methoxy groups -OCH3 is 1. The van der Waals surface area contributed by atoms with E-state index in [0.29, 0.717) is 17.0 Å². The molecule has 0 bridgehead atoms. The summed E-state index contributed by atoms with van der Waals surface area (Å²) in [6.07, 6.45) is 0.805. The minimum atomic E-state index is -0.177. The van der Waals surface area contributed by atoms with Crippen LogP contribution in [-0.2, 0) is 6.42 Å². The zero-order chi connectivity index (χ0) is 14.5. The molecule has 0 aliphatic rings. The summed E-state index contributed by atoms with van der Waals surface area (Å²) in [7, 11) is 1.53. The summed E-state index contributed by atoms with van der Waals surface area (Å²) in [5.41, 5.74) is 7.96. The van der Waals surface area contributed by atoms with Gasteiger partial charge in [-0.1, -0.05) is 6.07 Å². The van der Waals surface area contributed by atoms with E-state index in [1.54, 1.807) is 29.5 Å². The monoisotopic (exact) mass is 290 g/mol. The summed E-state index contributed by atoms with van der Waals surface area (Å²) in [6.45, 7) is 1.98. The van der Waals surface area contributed by atoms with Crippen molar-refractivity contribution in [1.82, 2.24) is 5.32 Å². The molecule has 0 saturated carbocycles. The molecule has 106 valence electrons. The lowest BCUT2D eigenvalue weighted by molar-refractivity contribution is 0.0940. The average Bonchev–Trinajstić information content (AvgIpc) is 2.91. The molecule has 0 spiro atoms. The molecule has 1 amide bonds. The van der Waals surface area contributed by atoms with Crippen LogP contribution in [-0.4, -0.2) is 19.1 Å². The third kappa shape index (κ3) is 3.30. The number of hydrogen-bond donors (Lipinski definition) is 2. The average molecular weight is 290 g/mol. The molecule has 1 atom stereocenters. The molecule has 1 aromatic heterocycles. The normalized spacial score (nSPS) is 11.9. The number of ether oxygens (including phenoxy) is 1. The number of carbonyl (C=O) groups is 1. The van der Waals surface area contributed by atoms with Crippen LogP contribution in [0.25, 0.3) is 0 Å². The van der Waals surface area contributed by atoms with Crippen LogP contribution in [0.3, 0.4) is 0 Å². The number of nitrogens with one attached hydrogen (secondary N) is 1. The predicted molar refractivity (Wildman–Crippen MR) is 82.4 cm³/mol. The number of amides is 1. The Hall–Kier alpha value is -2.01. The second kappa shape index (κ2) is 6.43. The minimum Gasteiger partial charge on any atom is -0.495 e. The highest BCUT2D eigenvalue weighted by Crippen LogP contribution is 2.24. The Balaban J connectivity index is 2.04. The molecule has 0 aliphatic carbocycles. The summed E-state index contributed by atoms with van der Waals surface area (Å²) in [5, 5.41) is 7.07. The van der Waals surface area contributed by atoms with Crippen molar-refractivity contribution in [2.45, 2.75) is 19.4 Å². The molecule has 0 fully saturated rings. The summed E-state index contributed by atoms with van der Waals surface area (Å²) in [4.78, 5) is 12.2. The number of thiophene rings is 1. The third-order valence-corrected chi connectivity index (χ3v) is 3.76. The van der Waals surface area contributed by atoms with E-state index < -0.39 is 0 Å². The Bertz CT molecular complexity index is 582. The fourth-order valence-corrected chi connectivity index (χ4v) is 2.72. The summed E-state index contributed by atoms with van der Waals surface area (Å²) in [5.74, 6) is 0.340. The molecule has 3 N–H and O–H groups in total. The van der Waals surface area contributed by atoms with Gasteiger partial charge in [0.05, 0.1) is 18.4 Å². The highest BCUT2D eigenvalue weighted by atomic mass is 32.1. The molecule has 2 aromatic rings. The first kappa shape index (κ1) is 14.4. The summed E-state index contributed by atoms with van der Waals surface area (Å²) in [6, 6.07) is 7.30. The van der Waals surface area contributed by atoms with Gasteiger partial charge >= 0.3 is 0 Å². The van der Waals surface area contributed by atoms with Gasteiger partial charge in [0.25, 0.3) is 5.91 Å². The van der Waals surface area contributed by atoms with E-state index in [4.69, 9.17) is 10.5 Å². The standard InChI is InChI=1S/C15H18N2O2S/c1-10(8-11-6-7-20-9-11)17-15(18)12-4-3-5-13(19-2)14(12)16/h3-7,9-10H,8,16H2,1-2H3,(H,17,18). The molecule has 1 heterocycles. The van der Waals surface area contributed by atoms with Gasteiger partial charge < -0.3 is 15.8 Å². The van der Waals surface area contributed by atoms with E-state index in [-0.39, 0.29) is 11.9 Å². The quantitative estimate of drug-likeness (QED) is 0.832. The minimum absolute atomic E-state index is 0.0442. The summed E-state index contributed by atoms with van der Waals surface area (Å²) >= 11 is 1.65. The Kier molecular flexibility index (Phi) is 4.63. The zero-order valence-corrected chi connectivity index (χ0v) is 12.4. The highest BCUT2D eigenvalue weighted by Gasteiger charge is 2.15. The first-order chi connectivity index (χ1) is 9.61. The van der Waals surface area contributed by atoms with Crippen molar-refractivity contribution in [2.75, 3.05) is 12.8 Å². The van der Waals surface area contributed by atoms with Gasteiger partial charge in [0.15, 0.2) is 0 Å². The van der Waals surface area contributed by atoms with Gasteiger partial charge in [-0.25, -0.2) is 0 Å². The second-order valence-corrected chi connectivity index (χ2v) is 5.41. The molecule has 1 aromatic carbocycles. The molecule has 1 unspecified atom stereocenters. The van der Waals surface area contributed by atoms with Crippen LogP contribution < -0.4 is 15.8 Å². The molecular formula is C15H18N2O2S. The molecule has 0 radical (unpaired) electrons. The van der Waals surface area contributed by atoms with Crippen LogP contribution in [0.1, 0.15) is 22.8 Å². The van der Waals surface area contributed by atoms with E-state index in [0.717, 1.165) is 6.42 Å². The van der Waals surface area contributed by atoms with E-state index >= 15 is 0 Å². The number of nitrogen functional groups attached to an aromatic ring is 1. The van der Waals surface area contributed by atoms with Gasteiger partial charge in [0.1, 0.15) is 5.75 Å². The predicted octanol–water partition coefficient (Wildman–Crippen LogP) is 2.70. The smallest absolute Gasteiger partial charge is 0.253 e. The maximum atomic E-state index is 12.2. The lowest BCUT2D eigenvalue weighted by Gasteiger charge is -2.15. The molecule has 0 saturated heterocycles. The van der Waals surface area contributed by atoms with Crippen LogP contribution in [0.15, 0.2) is 35.0 Å². The molecule has 0 aliphatic heterocycles. The maximum absolute atomic E-state index is 12.2. The van der Waals surface area contributed by atoms with Crippen molar-refractivity contribution in [3.8, 4) is 5.75 Å². The Morgan fingerprint density at radius 1 is 1.45 bits per heavy atom. The van der Waals surface area contributed by atoms with Crippen LogP contribution in [0.2, 0.25) is 0 Å². The number of carbonyl (C=O) groups excluding carboxylic acids is 1. The van der Waals surface area contributed by atoms with E-state index in [2.05, 4.69) is 16.8 Å². The van der Waals surface area contributed by atoms with Crippen LogP contribution in [0, 0.1) is 0 Å². The first-order valence-corrected chi connectivity index (χ1v) is 7.30.